The summed E-state index contributed by atoms with van der Waals surface area (Å²) in [5.41, 5.74) is -0.871. The molecule has 9 nitrogen and oxygen atoms in total. The van der Waals surface area contributed by atoms with Crippen molar-refractivity contribution in [2.75, 3.05) is 13.7 Å². The van der Waals surface area contributed by atoms with Gasteiger partial charge in [-0.25, -0.2) is 9.36 Å². The van der Waals surface area contributed by atoms with Gasteiger partial charge in [-0.05, 0) is 12.3 Å². The number of ether oxygens (including phenoxy) is 1. The number of rotatable bonds is 5. The van der Waals surface area contributed by atoms with Crippen LogP contribution >= 0.6 is 7.82 Å². The first-order valence-electron chi connectivity index (χ1n) is 6.72. The molecule has 124 valence electrons. The second-order valence-corrected chi connectivity index (χ2v) is 6.75. The lowest BCUT2D eigenvalue weighted by atomic mass is 10.0. The van der Waals surface area contributed by atoms with E-state index in [1.807, 2.05) is 6.92 Å². The maximum absolute atomic E-state index is 12.1. The van der Waals surface area contributed by atoms with Gasteiger partial charge in [-0.2, -0.15) is 0 Å². The molecule has 1 N–H and O–H groups in total. The Hall–Kier alpha value is -1.25. The average molecular weight is 334 g/mol. The highest BCUT2D eigenvalue weighted by atomic mass is 31.2. The van der Waals surface area contributed by atoms with Gasteiger partial charge in [0.1, 0.15) is 6.23 Å². The van der Waals surface area contributed by atoms with Crippen molar-refractivity contribution < 1.29 is 23.2 Å². The van der Waals surface area contributed by atoms with Crippen molar-refractivity contribution in [3.8, 4) is 0 Å². The third-order valence-electron chi connectivity index (χ3n) is 3.70. The molecule has 0 spiro atoms. The summed E-state index contributed by atoms with van der Waals surface area (Å²) < 4.78 is 28.5. The first-order valence-corrected chi connectivity index (χ1v) is 8.21. The van der Waals surface area contributed by atoms with Gasteiger partial charge in [0.25, 0.3) is 5.56 Å². The molecule has 1 aromatic heterocycles. The Morgan fingerprint density at radius 3 is 2.82 bits per heavy atom. The number of hydrogen-bond donors (Lipinski definition) is 1. The van der Waals surface area contributed by atoms with Crippen molar-refractivity contribution in [1.82, 2.24) is 9.13 Å². The average Bonchev–Trinajstić information content (AvgIpc) is 2.84. The van der Waals surface area contributed by atoms with E-state index >= 15 is 0 Å². The fourth-order valence-corrected chi connectivity index (χ4v) is 2.71. The van der Waals surface area contributed by atoms with Crippen molar-refractivity contribution >= 4 is 7.82 Å². The quantitative estimate of drug-likeness (QED) is 0.768. The van der Waals surface area contributed by atoms with E-state index in [1.165, 1.54) is 23.9 Å². The molecule has 2 rings (SSSR count). The van der Waals surface area contributed by atoms with Crippen molar-refractivity contribution in [3.63, 3.8) is 0 Å². The summed E-state index contributed by atoms with van der Waals surface area (Å²) in [6.07, 6.45) is 0.903. The summed E-state index contributed by atoms with van der Waals surface area (Å²) in [6.45, 7) is 1.76. The van der Waals surface area contributed by atoms with Crippen LogP contribution in [0, 0.1) is 5.92 Å². The van der Waals surface area contributed by atoms with E-state index < -0.39 is 31.4 Å². The number of aromatic nitrogens is 2. The molecule has 1 aliphatic heterocycles. The van der Waals surface area contributed by atoms with Crippen LogP contribution in [0.5, 0.6) is 0 Å². The van der Waals surface area contributed by atoms with Crippen molar-refractivity contribution in [2.24, 2.45) is 13.0 Å². The summed E-state index contributed by atoms with van der Waals surface area (Å²) in [4.78, 5) is 32.7. The lowest BCUT2D eigenvalue weighted by molar-refractivity contribution is -0.0320. The topological polar surface area (TPSA) is 109 Å². The first kappa shape index (κ1) is 17.1. The first-order chi connectivity index (χ1) is 10.2. The largest absolute Gasteiger partial charge is 0.472 e. The minimum Gasteiger partial charge on any atom is -0.352 e. The van der Waals surface area contributed by atoms with Crippen LogP contribution in [0.15, 0.2) is 21.9 Å². The Kier molecular flexibility index (Phi) is 5.03. The summed E-state index contributed by atoms with van der Waals surface area (Å²) >= 11 is 0. The maximum Gasteiger partial charge on any atom is 0.472 e. The van der Waals surface area contributed by atoms with Gasteiger partial charge >= 0.3 is 13.5 Å². The molecule has 2 heterocycles. The van der Waals surface area contributed by atoms with Gasteiger partial charge in [-0.1, -0.05) is 6.92 Å². The molecule has 0 saturated carbocycles. The molecule has 0 aromatic carbocycles. The summed E-state index contributed by atoms with van der Waals surface area (Å²) in [5, 5.41) is 0. The van der Waals surface area contributed by atoms with Gasteiger partial charge in [0.2, 0.25) is 0 Å². The lowest BCUT2D eigenvalue weighted by Gasteiger charge is -2.18. The Morgan fingerprint density at radius 2 is 2.18 bits per heavy atom. The van der Waals surface area contributed by atoms with Crippen LogP contribution < -0.4 is 11.2 Å². The van der Waals surface area contributed by atoms with Crippen LogP contribution in [0.2, 0.25) is 0 Å². The molecule has 10 heteroatoms. The van der Waals surface area contributed by atoms with E-state index in [-0.39, 0.29) is 12.5 Å². The zero-order chi connectivity index (χ0) is 16.5. The number of phosphoric ester groups is 1. The van der Waals surface area contributed by atoms with Crippen LogP contribution in [0.1, 0.15) is 19.6 Å². The van der Waals surface area contributed by atoms with Gasteiger partial charge in [-0.3, -0.25) is 23.0 Å². The van der Waals surface area contributed by atoms with Crippen LogP contribution in [-0.2, 0) is 25.4 Å². The Morgan fingerprint density at radius 1 is 1.50 bits per heavy atom. The summed E-state index contributed by atoms with van der Waals surface area (Å²) in [6, 6.07) is 1.28. The molecule has 1 aliphatic rings. The monoisotopic (exact) mass is 334 g/mol. The fraction of sp³-hybridized carbons (Fsp3) is 0.667. The van der Waals surface area contributed by atoms with E-state index in [9.17, 15) is 19.0 Å². The molecular weight excluding hydrogens is 315 g/mol. The van der Waals surface area contributed by atoms with Gasteiger partial charge in [0.05, 0.1) is 12.7 Å². The highest BCUT2D eigenvalue weighted by molar-refractivity contribution is 7.47. The van der Waals surface area contributed by atoms with Gasteiger partial charge in [-0.15, -0.1) is 0 Å². The SMILES string of the molecule is COP(=O)(O)OC[C@H]1O[C@@H](n2ccc(=O)n(C)c2=O)CC1C. The predicted molar refractivity (Wildman–Crippen MR) is 76.4 cm³/mol. The van der Waals surface area contributed by atoms with Crippen molar-refractivity contribution in [1.29, 1.82) is 0 Å². The Bertz CT molecular complexity index is 697. The number of phosphoric acid groups is 1. The lowest BCUT2D eigenvalue weighted by Crippen LogP contribution is -2.38. The molecule has 0 radical (unpaired) electrons. The van der Waals surface area contributed by atoms with E-state index in [0.717, 1.165) is 11.7 Å². The van der Waals surface area contributed by atoms with Crippen molar-refractivity contribution in [2.45, 2.75) is 25.7 Å². The Labute approximate surface area is 126 Å². The molecule has 0 aliphatic carbocycles. The second-order valence-electron chi connectivity index (χ2n) is 5.19. The molecule has 1 aromatic rings. The molecule has 1 saturated heterocycles. The van der Waals surface area contributed by atoms with E-state index in [2.05, 4.69) is 4.52 Å². The third-order valence-corrected chi connectivity index (χ3v) is 4.64. The minimum absolute atomic E-state index is 0.00555. The zero-order valence-electron chi connectivity index (χ0n) is 12.5. The molecule has 2 unspecified atom stereocenters. The van der Waals surface area contributed by atoms with Crippen LogP contribution in [0.3, 0.4) is 0 Å². The molecule has 0 amide bonds. The zero-order valence-corrected chi connectivity index (χ0v) is 13.4. The summed E-state index contributed by atoms with van der Waals surface area (Å²) in [5.74, 6) is 0.00555. The second kappa shape index (κ2) is 6.47. The van der Waals surface area contributed by atoms with Gasteiger partial charge in [0, 0.05) is 26.4 Å². The number of hydrogen-bond acceptors (Lipinski definition) is 6. The molecule has 0 bridgehead atoms. The van der Waals surface area contributed by atoms with E-state index in [0.29, 0.717) is 6.42 Å². The highest BCUT2D eigenvalue weighted by Crippen LogP contribution is 2.43. The third kappa shape index (κ3) is 3.56. The molecule has 22 heavy (non-hydrogen) atoms. The molecule has 4 atom stereocenters. The fourth-order valence-electron chi connectivity index (χ4n) is 2.27. The van der Waals surface area contributed by atoms with Crippen LogP contribution in [-0.4, -0.2) is 33.8 Å². The van der Waals surface area contributed by atoms with Crippen LogP contribution in [0.25, 0.3) is 0 Å². The van der Waals surface area contributed by atoms with Gasteiger partial charge < -0.3 is 9.63 Å². The van der Waals surface area contributed by atoms with Gasteiger partial charge in [0.15, 0.2) is 0 Å². The highest BCUT2D eigenvalue weighted by Gasteiger charge is 2.35. The molecular formula is C12H19N2O7P. The molecule has 1 fully saturated rings. The summed E-state index contributed by atoms with van der Waals surface area (Å²) in [7, 11) is -1.60. The van der Waals surface area contributed by atoms with Crippen molar-refractivity contribution in [3.05, 3.63) is 33.1 Å². The van der Waals surface area contributed by atoms with Crippen LogP contribution in [0.4, 0.5) is 0 Å². The maximum atomic E-state index is 12.1. The Balaban J connectivity index is 2.11. The van der Waals surface area contributed by atoms with E-state index in [1.54, 1.807) is 0 Å². The number of nitrogens with zero attached hydrogens (tertiary/aromatic N) is 2. The standard InChI is InChI=1S/C12H19N2O7P/c1-8-6-11(14-5-4-10(15)13(2)12(14)16)21-9(8)7-20-22(17,18)19-3/h4-5,8-9,11H,6-7H2,1-3H3,(H,17,18)/t8?,9-,11-/m1/s1. The normalized spacial score (nSPS) is 27.7. The smallest absolute Gasteiger partial charge is 0.352 e. The predicted octanol–water partition coefficient (Wildman–Crippen LogP) is 0.234. The van der Waals surface area contributed by atoms with E-state index in [4.69, 9.17) is 9.26 Å². The minimum atomic E-state index is -4.06.